The van der Waals surface area contributed by atoms with Crippen molar-refractivity contribution in [2.75, 3.05) is 0 Å². The maximum absolute atomic E-state index is 10.8. The molecule has 1 aromatic heterocycles. The van der Waals surface area contributed by atoms with Gasteiger partial charge in [0.25, 0.3) is 0 Å². The molecule has 0 aliphatic carbocycles. The summed E-state index contributed by atoms with van der Waals surface area (Å²) >= 11 is 0. The van der Waals surface area contributed by atoms with Crippen molar-refractivity contribution in [2.24, 2.45) is 0 Å². The van der Waals surface area contributed by atoms with Gasteiger partial charge < -0.3 is 15.3 Å². The predicted octanol–water partition coefficient (Wildman–Crippen LogP) is 5.99. The first-order valence-electron chi connectivity index (χ1n) is 10.2. The Bertz CT molecular complexity index is 1370. The van der Waals surface area contributed by atoms with Crippen LogP contribution in [-0.4, -0.2) is 25.1 Å². The Morgan fingerprint density at radius 2 is 1.16 bits per heavy atom. The summed E-state index contributed by atoms with van der Waals surface area (Å²) < 4.78 is 1.78. The van der Waals surface area contributed by atoms with E-state index in [4.69, 9.17) is 5.10 Å². The Labute approximate surface area is 185 Å². The number of benzene rings is 4. The van der Waals surface area contributed by atoms with E-state index in [0.717, 1.165) is 28.1 Å². The molecule has 0 spiro atoms. The summed E-state index contributed by atoms with van der Waals surface area (Å²) in [6, 6.07) is 30.7. The molecule has 5 nitrogen and oxygen atoms in total. The van der Waals surface area contributed by atoms with Crippen molar-refractivity contribution in [2.45, 2.75) is 0 Å². The molecule has 5 rings (SSSR count). The zero-order valence-corrected chi connectivity index (χ0v) is 17.1. The fraction of sp³-hybridized carbons (Fsp3) is 0. The van der Waals surface area contributed by atoms with Gasteiger partial charge in [0.2, 0.25) is 0 Å². The highest BCUT2D eigenvalue weighted by Gasteiger charge is 2.24. The number of hydrogen-bond donors (Lipinski definition) is 3. The molecular formula is C27H20N2O3. The second kappa shape index (κ2) is 7.96. The molecule has 5 heteroatoms. The van der Waals surface area contributed by atoms with Gasteiger partial charge in [-0.05, 0) is 66.2 Å². The van der Waals surface area contributed by atoms with Gasteiger partial charge in [-0.3, -0.25) is 0 Å². The number of para-hydroxylation sites is 1. The fourth-order valence-corrected chi connectivity index (χ4v) is 3.82. The minimum atomic E-state index is 0.141. The molecule has 3 N–H and O–H groups in total. The molecule has 0 aliphatic heterocycles. The smallest absolute Gasteiger partial charge is 0.124 e. The van der Waals surface area contributed by atoms with E-state index in [2.05, 4.69) is 0 Å². The van der Waals surface area contributed by atoms with Gasteiger partial charge in [0, 0.05) is 16.7 Å². The first-order chi connectivity index (χ1) is 15.6. The Morgan fingerprint density at radius 3 is 1.81 bits per heavy atom. The summed E-state index contributed by atoms with van der Waals surface area (Å²) in [6.45, 7) is 0. The van der Waals surface area contributed by atoms with Crippen LogP contribution in [0.3, 0.4) is 0 Å². The molecular weight excluding hydrogens is 400 g/mol. The van der Waals surface area contributed by atoms with Crippen LogP contribution >= 0.6 is 0 Å². The molecule has 1 heterocycles. The van der Waals surface area contributed by atoms with E-state index in [9.17, 15) is 15.3 Å². The van der Waals surface area contributed by atoms with Crippen LogP contribution in [0.4, 0.5) is 0 Å². The zero-order valence-electron chi connectivity index (χ0n) is 17.1. The van der Waals surface area contributed by atoms with E-state index in [1.807, 2.05) is 54.6 Å². The Hall–Kier alpha value is -4.51. The van der Waals surface area contributed by atoms with Crippen LogP contribution in [0.2, 0.25) is 0 Å². The van der Waals surface area contributed by atoms with Crippen LogP contribution in [0.25, 0.3) is 39.3 Å². The molecule has 0 saturated heterocycles. The number of rotatable bonds is 4. The Morgan fingerprint density at radius 1 is 0.562 bits per heavy atom. The van der Waals surface area contributed by atoms with Crippen LogP contribution in [0, 0.1) is 0 Å². The van der Waals surface area contributed by atoms with Gasteiger partial charge in [0.05, 0.1) is 11.4 Å². The predicted molar refractivity (Wildman–Crippen MR) is 125 cm³/mol. The van der Waals surface area contributed by atoms with E-state index in [1.165, 1.54) is 0 Å². The Balaban J connectivity index is 1.89. The molecule has 0 aliphatic rings. The summed E-state index contributed by atoms with van der Waals surface area (Å²) in [7, 11) is 0. The molecule has 0 bridgehead atoms. The summed E-state index contributed by atoms with van der Waals surface area (Å²) in [5.41, 5.74) is 5.44. The molecule has 4 aromatic carbocycles. The molecule has 0 atom stereocenters. The van der Waals surface area contributed by atoms with Gasteiger partial charge in [-0.25, -0.2) is 4.68 Å². The minimum absolute atomic E-state index is 0.141. The number of hydrogen-bond acceptors (Lipinski definition) is 4. The fourth-order valence-electron chi connectivity index (χ4n) is 3.82. The van der Waals surface area contributed by atoms with Crippen molar-refractivity contribution in [3.05, 3.63) is 103 Å². The highest BCUT2D eigenvalue weighted by molar-refractivity contribution is 5.93. The molecule has 32 heavy (non-hydrogen) atoms. The van der Waals surface area contributed by atoms with Gasteiger partial charge in [0.1, 0.15) is 22.9 Å². The number of aromatic nitrogens is 2. The number of aromatic hydroxyl groups is 3. The van der Waals surface area contributed by atoms with E-state index in [-0.39, 0.29) is 17.2 Å². The van der Waals surface area contributed by atoms with Gasteiger partial charge in [0.15, 0.2) is 0 Å². The lowest BCUT2D eigenvalue weighted by Gasteiger charge is -2.12. The normalized spacial score (nSPS) is 10.9. The van der Waals surface area contributed by atoms with Gasteiger partial charge in [-0.2, -0.15) is 5.10 Å². The largest absolute Gasteiger partial charge is 0.508 e. The SMILES string of the molecule is Oc1ccc(-c2nn(-c3ccc(O)cc3)c(-c3ccccc3O)c2-c2ccccc2)cc1. The average molecular weight is 420 g/mol. The van der Waals surface area contributed by atoms with Gasteiger partial charge >= 0.3 is 0 Å². The lowest BCUT2D eigenvalue weighted by Crippen LogP contribution is -1.99. The van der Waals surface area contributed by atoms with E-state index < -0.39 is 0 Å². The quantitative estimate of drug-likeness (QED) is 0.334. The first kappa shape index (κ1) is 19.5. The molecule has 0 amide bonds. The third-order valence-electron chi connectivity index (χ3n) is 5.34. The summed E-state index contributed by atoms with van der Waals surface area (Å²) in [5.74, 6) is 0.475. The molecule has 0 saturated carbocycles. The number of nitrogens with zero attached hydrogens (tertiary/aromatic N) is 2. The molecule has 0 radical (unpaired) electrons. The van der Waals surface area contributed by atoms with Crippen molar-refractivity contribution in [1.82, 2.24) is 9.78 Å². The first-order valence-corrected chi connectivity index (χ1v) is 10.2. The third kappa shape index (κ3) is 3.46. The molecule has 0 unspecified atom stereocenters. The summed E-state index contributed by atoms with van der Waals surface area (Å²) in [5, 5.41) is 35.3. The maximum atomic E-state index is 10.8. The summed E-state index contributed by atoms with van der Waals surface area (Å²) in [6.07, 6.45) is 0. The average Bonchev–Trinajstić information content (AvgIpc) is 3.21. The second-order valence-electron chi connectivity index (χ2n) is 7.43. The Kier molecular flexibility index (Phi) is 4.84. The topological polar surface area (TPSA) is 78.5 Å². The van der Waals surface area contributed by atoms with Crippen molar-refractivity contribution in [1.29, 1.82) is 0 Å². The monoisotopic (exact) mass is 420 g/mol. The van der Waals surface area contributed by atoms with E-state index >= 15 is 0 Å². The number of phenols is 3. The van der Waals surface area contributed by atoms with Crippen molar-refractivity contribution in [3.63, 3.8) is 0 Å². The van der Waals surface area contributed by atoms with Crippen molar-refractivity contribution < 1.29 is 15.3 Å². The second-order valence-corrected chi connectivity index (χ2v) is 7.43. The standard InChI is InChI=1S/C27H20N2O3/c30-21-14-10-19(11-15-21)26-25(18-6-2-1-3-7-18)27(23-8-4-5-9-24(23)32)29(28-26)20-12-16-22(31)17-13-20/h1-17,30-32H. The zero-order chi connectivity index (χ0) is 22.1. The van der Waals surface area contributed by atoms with Gasteiger partial charge in [-0.15, -0.1) is 0 Å². The lowest BCUT2D eigenvalue weighted by molar-refractivity contribution is 0.474. The minimum Gasteiger partial charge on any atom is -0.508 e. The van der Waals surface area contributed by atoms with E-state index in [0.29, 0.717) is 11.3 Å². The molecule has 5 aromatic rings. The van der Waals surface area contributed by atoms with Crippen LogP contribution in [0.5, 0.6) is 17.2 Å². The van der Waals surface area contributed by atoms with Crippen LogP contribution in [0.15, 0.2) is 103 Å². The van der Waals surface area contributed by atoms with Gasteiger partial charge in [-0.1, -0.05) is 42.5 Å². The van der Waals surface area contributed by atoms with Crippen LogP contribution < -0.4 is 0 Å². The molecule has 0 fully saturated rings. The maximum Gasteiger partial charge on any atom is 0.124 e. The molecule has 156 valence electrons. The van der Waals surface area contributed by atoms with Crippen LogP contribution in [-0.2, 0) is 0 Å². The number of phenolic OH excluding ortho intramolecular Hbond substituents is 3. The van der Waals surface area contributed by atoms with Crippen LogP contribution in [0.1, 0.15) is 0 Å². The van der Waals surface area contributed by atoms with Crippen molar-refractivity contribution in [3.8, 4) is 56.6 Å². The van der Waals surface area contributed by atoms with E-state index in [1.54, 1.807) is 53.2 Å². The summed E-state index contributed by atoms with van der Waals surface area (Å²) in [4.78, 5) is 0. The lowest BCUT2D eigenvalue weighted by atomic mass is 9.95. The van der Waals surface area contributed by atoms with Crippen molar-refractivity contribution >= 4 is 0 Å². The third-order valence-corrected chi connectivity index (χ3v) is 5.34. The highest BCUT2D eigenvalue weighted by atomic mass is 16.3. The highest BCUT2D eigenvalue weighted by Crippen LogP contribution is 2.43.